The third-order valence-corrected chi connectivity index (χ3v) is 9.01. The summed E-state index contributed by atoms with van der Waals surface area (Å²) in [5.74, 6) is 0.314. The zero-order valence-corrected chi connectivity index (χ0v) is 28.5. The number of para-hydroxylation sites is 1. The molecule has 0 unspecified atom stereocenters. The van der Waals surface area contributed by atoms with E-state index in [1.165, 1.54) is 15.9 Å². The molecule has 1 atom stereocenters. The van der Waals surface area contributed by atoms with Gasteiger partial charge in [-0.1, -0.05) is 82.0 Å². The van der Waals surface area contributed by atoms with Crippen molar-refractivity contribution in [3.8, 4) is 11.5 Å². The molecule has 0 N–H and O–H groups in total. The van der Waals surface area contributed by atoms with Crippen molar-refractivity contribution in [1.29, 1.82) is 0 Å². The number of allylic oxidation sites excluding steroid dienone is 1. The van der Waals surface area contributed by atoms with Crippen LogP contribution in [0.3, 0.4) is 0 Å². The summed E-state index contributed by atoms with van der Waals surface area (Å²) in [7, 11) is 0. The lowest BCUT2D eigenvalue weighted by molar-refractivity contribution is -0.139. The molecule has 0 saturated carbocycles. The van der Waals surface area contributed by atoms with E-state index in [1.54, 1.807) is 50.3 Å². The summed E-state index contributed by atoms with van der Waals surface area (Å²) in [6.45, 7) is 7.57. The Labute approximate surface area is 283 Å². The van der Waals surface area contributed by atoms with Crippen LogP contribution in [0.1, 0.15) is 50.4 Å². The second-order valence-corrected chi connectivity index (χ2v) is 13.0. The quantitative estimate of drug-likeness (QED) is 0.166. The molecule has 0 spiro atoms. The van der Waals surface area contributed by atoms with Gasteiger partial charge in [-0.2, -0.15) is 0 Å². The minimum atomic E-state index is -0.842. The van der Waals surface area contributed by atoms with Crippen LogP contribution in [-0.4, -0.2) is 23.2 Å². The smallest absolute Gasteiger partial charge is 0.338 e. The molecule has 0 fully saturated rings. The first-order chi connectivity index (χ1) is 21.5. The van der Waals surface area contributed by atoms with Crippen LogP contribution >= 0.6 is 57.7 Å². The molecule has 7 nitrogen and oxygen atoms in total. The predicted molar refractivity (Wildman–Crippen MR) is 180 cm³/mol. The number of aromatic nitrogens is 1. The first-order valence-corrected chi connectivity index (χ1v) is 16.3. The monoisotopic (exact) mass is 704 g/mol. The highest BCUT2D eigenvalue weighted by molar-refractivity contribution is 7.07. The number of carbonyl (C=O) groups excluding carboxylic acids is 1. The number of nitrogens with zero attached hydrogens (tertiary/aromatic N) is 2. The molecule has 0 radical (unpaired) electrons. The molecule has 12 heteroatoms. The summed E-state index contributed by atoms with van der Waals surface area (Å²) in [6, 6.07) is 14.9. The second-order valence-electron chi connectivity index (χ2n) is 10.3. The lowest BCUT2D eigenvalue weighted by Gasteiger charge is -2.26. The molecule has 1 aliphatic heterocycles. The van der Waals surface area contributed by atoms with Gasteiger partial charge in [-0.05, 0) is 69.7 Å². The van der Waals surface area contributed by atoms with Gasteiger partial charge in [0.05, 0.1) is 43.6 Å². The molecule has 2 heterocycles. The lowest BCUT2D eigenvalue weighted by Crippen LogP contribution is -2.40. The van der Waals surface area contributed by atoms with Crippen LogP contribution in [0.5, 0.6) is 11.5 Å². The maximum Gasteiger partial charge on any atom is 0.338 e. The van der Waals surface area contributed by atoms with Crippen LogP contribution in [0.25, 0.3) is 6.08 Å². The number of thiazole rings is 1. The van der Waals surface area contributed by atoms with Crippen molar-refractivity contribution in [2.45, 2.75) is 46.4 Å². The van der Waals surface area contributed by atoms with Gasteiger partial charge in [-0.25, -0.2) is 9.79 Å². The normalized spacial score (nSPS) is 14.8. The van der Waals surface area contributed by atoms with E-state index in [1.807, 2.05) is 38.1 Å². The van der Waals surface area contributed by atoms with Crippen LogP contribution < -0.4 is 24.4 Å². The van der Waals surface area contributed by atoms with Gasteiger partial charge in [-0.15, -0.1) is 0 Å². The van der Waals surface area contributed by atoms with Crippen molar-refractivity contribution in [2.24, 2.45) is 4.99 Å². The summed E-state index contributed by atoms with van der Waals surface area (Å²) < 4.78 is 19.5. The topological polar surface area (TPSA) is 79.1 Å². The first kappa shape index (κ1) is 33.1. The first-order valence-electron chi connectivity index (χ1n) is 14.0. The molecule has 5 rings (SSSR count). The average Bonchev–Trinajstić information content (AvgIpc) is 3.27. The van der Waals surface area contributed by atoms with Crippen molar-refractivity contribution < 1.29 is 19.0 Å². The van der Waals surface area contributed by atoms with E-state index in [0.29, 0.717) is 52.7 Å². The summed E-state index contributed by atoms with van der Waals surface area (Å²) in [5.41, 5.74) is 2.22. The maximum atomic E-state index is 14.2. The molecule has 4 aromatic rings. The van der Waals surface area contributed by atoms with Crippen LogP contribution in [0.4, 0.5) is 0 Å². The Balaban J connectivity index is 1.66. The number of esters is 1. The minimum Gasteiger partial charge on any atom is -0.491 e. The number of fused-ring (bicyclic) bond motifs is 1. The Morgan fingerprint density at radius 1 is 1.04 bits per heavy atom. The van der Waals surface area contributed by atoms with Crippen molar-refractivity contribution in [2.75, 3.05) is 6.61 Å². The highest BCUT2D eigenvalue weighted by Gasteiger charge is 2.35. The third-order valence-electron chi connectivity index (χ3n) is 6.78. The highest BCUT2D eigenvalue weighted by atomic mass is 35.5. The van der Waals surface area contributed by atoms with Gasteiger partial charge in [0, 0.05) is 16.1 Å². The van der Waals surface area contributed by atoms with Crippen LogP contribution in [0.2, 0.25) is 20.1 Å². The van der Waals surface area contributed by atoms with Gasteiger partial charge in [0.15, 0.2) is 4.80 Å². The Hall–Kier alpha value is -3.27. The van der Waals surface area contributed by atoms with Crippen molar-refractivity contribution in [3.05, 3.63) is 122 Å². The number of hydrogen-bond donors (Lipinski definition) is 0. The van der Waals surface area contributed by atoms with E-state index in [9.17, 15) is 9.59 Å². The Morgan fingerprint density at radius 3 is 2.51 bits per heavy atom. The summed E-state index contributed by atoms with van der Waals surface area (Å²) in [4.78, 5) is 32.6. The largest absolute Gasteiger partial charge is 0.491 e. The predicted octanol–water partition coefficient (Wildman–Crippen LogP) is 7.78. The van der Waals surface area contributed by atoms with Crippen LogP contribution in [-0.2, 0) is 16.1 Å². The van der Waals surface area contributed by atoms with Gasteiger partial charge in [0.1, 0.15) is 24.1 Å². The van der Waals surface area contributed by atoms with E-state index in [2.05, 4.69) is 4.99 Å². The Kier molecular flexibility index (Phi) is 10.3. The van der Waals surface area contributed by atoms with Crippen molar-refractivity contribution >= 4 is 69.8 Å². The highest BCUT2D eigenvalue weighted by Crippen LogP contribution is 2.37. The van der Waals surface area contributed by atoms with Gasteiger partial charge in [0.2, 0.25) is 0 Å². The molecular formula is C33H28Cl4N2O5S. The molecule has 1 aliphatic rings. The molecule has 0 amide bonds. The molecule has 0 aliphatic carbocycles. The van der Waals surface area contributed by atoms with E-state index in [-0.39, 0.29) is 35.5 Å². The standard InChI is InChI=1S/C33H28Cl4N2O5S/c1-5-42-32(41)28-18(4)38-33-39(29(28)22-8-6-7-9-26(22)44-17(2)3)31(40)27(45-33)14-20-13-21(34)15-25(37)30(20)43-16-19-10-11-23(35)24(36)12-19/h6-15,17,29H,5,16H2,1-4H3/b27-14-/t29-/m0/s1. The molecule has 3 aromatic carbocycles. The zero-order valence-electron chi connectivity index (χ0n) is 24.7. The van der Waals surface area contributed by atoms with Crippen molar-refractivity contribution in [3.63, 3.8) is 0 Å². The van der Waals surface area contributed by atoms with E-state index < -0.39 is 12.0 Å². The molecule has 234 valence electrons. The van der Waals surface area contributed by atoms with E-state index >= 15 is 0 Å². The number of ether oxygens (including phenoxy) is 3. The van der Waals surface area contributed by atoms with Gasteiger partial charge >= 0.3 is 5.97 Å². The Morgan fingerprint density at radius 2 is 1.80 bits per heavy atom. The average molecular weight is 706 g/mol. The fourth-order valence-corrected chi connectivity index (χ4v) is 6.84. The number of halogens is 4. The Bertz CT molecular complexity index is 2000. The third kappa shape index (κ3) is 7.11. The van der Waals surface area contributed by atoms with Gasteiger partial charge in [-0.3, -0.25) is 9.36 Å². The van der Waals surface area contributed by atoms with Gasteiger partial charge < -0.3 is 14.2 Å². The summed E-state index contributed by atoms with van der Waals surface area (Å²) in [5, 5.41) is 1.45. The summed E-state index contributed by atoms with van der Waals surface area (Å²) >= 11 is 26.4. The number of rotatable bonds is 9. The fraction of sp³-hybridized carbons (Fsp3) is 0.242. The minimum absolute atomic E-state index is 0.134. The second kappa shape index (κ2) is 14.0. The molecule has 1 aromatic heterocycles. The van der Waals surface area contributed by atoms with Gasteiger partial charge in [0.25, 0.3) is 5.56 Å². The van der Waals surface area contributed by atoms with Crippen LogP contribution in [0.15, 0.2) is 75.7 Å². The molecular weight excluding hydrogens is 678 g/mol. The van der Waals surface area contributed by atoms with E-state index in [4.69, 9.17) is 60.6 Å². The number of hydrogen-bond acceptors (Lipinski definition) is 7. The van der Waals surface area contributed by atoms with Crippen LogP contribution in [0, 0.1) is 0 Å². The maximum absolute atomic E-state index is 14.2. The molecule has 0 saturated heterocycles. The number of carbonyl (C=O) groups is 1. The fourth-order valence-electron chi connectivity index (χ4n) is 4.92. The van der Waals surface area contributed by atoms with E-state index in [0.717, 1.165) is 5.56 Å². The molecule has 0 bridgehead atoms. The zero-order chi connectivity index (χ0) is 32.4. The molecule has 45 heavy (non-hydrogen) atoms. The SMILES string of the molecule is CCOC(=O)C1=C(C)N=c2s/c(=C\c3cc(Cl)cc(Cl)c3OCc3ccc(Cl)c(Cl)c3)c(=O)n2[C@H]1c1ccccc1OC(C)C. The number of benzene rings is 3. The van der Waals surface area contributed by atoms with Crippen molar-refractivity contribution in [1.82, 2.24) is 4.57 Å². The summed E-state index contributed by atoms with van der Waals surface area (Å²) in [6.07, 6.45) is 1.51. The lowest BCUT2D eigenvalue weighted by atomic mass is 9.95.